The van der Waals surface area contributed by atoms with Crippen LogP contribution in [0.1, 0.15) is 11.1 Å². The molecule has 6 nitrogen and oxygen atoms in total. The molecule has 0 aliphatic carbocycles. The van der Waals surface area contributed by atoms with Crippen LogP contribution in [0.3, 0.4) is 0 Å². The van der Waals surface area contributed by atoms with Gasteiger partial charge in [-0.1, -0.05) is 30.3 Å². The first-order valence-corrected chi connectivity index (χ1v) is 11.7. The molecule has 0 saturated carbocycles. The minimum Gasteiger partial charge on any atom is -0.355 e. The Hall–Kier alpha value is -1.46. The van der Waals surface area contributed by atoms with Crippen LogP contribution in [-0.2, 0) is 27.2 Å². The van der Waals surface area contributed by atoms with Crippen molar-refractivity contribution in [2.75, 3.05) is 25.6 Å². The van der Waals surface area contributed by atoms with E-state index in [-0.39, 0.29) is 24.0 Å². The smallest absolute Gasteiger partial charge is 0.191 e. The van der Waals surface area contributed by atoms with Crippen LogP contribution in [0.15, 0.2) is 63.3 Å². The third-order valence-electron chi connectivity index (χ3n) is 3.91. The molecule has 0 radical (unpaired) electrons. The molecule has 1 atom stereocenters. The number of sulfone groups is 1. The summed E-state index contributed by atoms with van der Waals surface area (Å²) in [4.78, 5) is 5.31. The van der Waals surface area contributed by atoms with Crippen LogP contribution in [0.25, 0.3) is 0 Å². The van der Waals surface area contributed by atoms with Gasteiger partial charge in [0.1, 0.15) is 0 Å². The first kappa shape index (κ1) is 24.6. The molecule has 0 heterocycles. The van der Waals surface area contributed by atoms with Gasteiger partial charge < -0.3 is 10.6 Å². The van der Waals surface area contributed by atoms with Crippen LogP contribution in [0.5, 0.6) is 0 Å². The monoisotopic (exact) mass is 535 g/mol. The molecule has 9 heteroatoms. The van der Waals surface area contributed by atoms with Crippen LogP contribution < -0.4 is 10.6 Å². The number of rotatable bonds is 7. The number of hydrogen-bond donors (Lipinski definition) is 2. The van der Waals surface area contributed by atoms with Gasteiger partial charge in [0.15, 0.2) is 15.8 Å². The number of nitrogens with one attached hydrogen (secondary N) is 2. The molecule has 2 aromatic carbocycles. The van der Waals surface area contributed by atoms with E-state index in [1.807, 2.05) is 36.4 Å². The lowest BCUT2D eigenvalue weighted by Gasteiger charge is -2.13. The SMILES string of the molecule is CN=C(NCCS(=O)c1ccccc1)NCc1ccc(S(C)(=O)=O)c(C)c1.I. The van der Waals surface area contributed by atoms with Crippen LogP contribution in [0.2, 0.25) is 0 Å². The second-order valence-electron chi connectivity index (χ2n) is 6.09. The van der Waals surface area contributed by atoms with E-state index in [0.717, 1.165) is 16.0 Å². The Balaban J connectivity index is 0.00000392. The number of aliphatic imine (C=N–C) groups is 1. The highest BCUT2D eigenvalue weighted by Crippen LogP contribution is 2.16. The Morgan fingerprint density at radius 3 is 2.36 bits per heavy atom. The first-order chi connectivity index (χ1) is 12.8. The summed E-state index contributed by atoms with van der Waals surface area (Å²) >= 11 is 0. The lowest BCUT2D eigenvalue weighted by Crippen LogP contribution is -2.38. The van der Waals surface area contributed by atoms with Gasteiger partial charge in [-0.3, -0.25) is 9.20 Å². The molecule has 0 aromatic heterocycles. The van der Waals surface area contributed by atoms with Crippen molar-refractivity contribution in [3.05, 3.63) is 59.7 Å². The lowest BCUT2D eigenvalue weighted by atomic mass is 10.1. The van der Waals surface area contributed by atoms with E-state index in [9.17, 15) is 12.6 Å². The van der Waals surface area contributed by atoms with E-state index < -0.39 is 20.6 Å². The van der Waals surface area contributed by atoms with Gasteiger partial charge in [0.05, 0.1) is 15.7 Å². The van der Waals surface area contributed by atoms with Crippen molar-refractivity contribution >= 4 is 50.6 Å². The van der Waals surface area contributed by atoms with Gasteiger partial charge >= 0.3 is 0 Å². The highest BCUT2D eigenvalue weighted by molar-refractivity contribution is 14.0. The van der Waals surface area contributed by atoms with E-state index in [4.69, 9.17) is 0 Å². The molecule has 28 heavy (non-hydrogen) atoms. The average molecular weight is 535 g/mol. The highest BCUT2D eigenvalue weighted by Gasteiger charge is 2.11. The molecule has 1 unspecified atom stereocenters. The van der Waals surface area contributed by atoms with Gasteiger partial charge in [0.25, 0.3) is 0 Å². The van der Waals surface area contributed by atoms with Gasteiger partial charge in [-0.25, -0.2) is 8.42 Å². The fourth-order valence-corrected chi connectivity index (χ4v) is 4.54. The Morgan fingerprint density at radius 2 is 1.79 bits per heavy atom. The molecule has 2 aromatic rings. The minimum absolute atomic E-state index is 0. The quantitative estimate of drug-likeness (QED) is 0.323. The second kappa shape index (κ2) is 11.5. The van der Waals surface area contributed by atoms with Gasteiger partial charge in [0, 0.05) is 37.0 Å². The molecule has 2 rings (SSSR count). The molecule has 0 saturated heterocycles. The maximum absolute atomic E-state index is 12.2. The van der Waals surface area contributed by atoms with Gasteiger partial charge in [-0.05, 0) is 36.2 Å². The maximum Gasteiger partial charge on any atom is 0.191 e. The average Bonchev–Trinajstić information content (AvgIpc) is 2.64. The Bertz CT molecular complexity index is 933. The number of guanidine groups is 1. The Labute approximate surface area is 186 Å². The summed E-state index contributed by atoms with van der Waals surface area (Å²) in [6.45, 7) is 2.81. The predicted molar refractivity (Wildman–Crippen MR) is 126 cm³/mol. The molecule has 0 amide bonds. The summed E-state index contributed by atoms with van der Waals surface area (Å²) in [5.74, 6) is 1.08. The Morgan fingerprint density at radius 1 is 1.11 bits per heavy atom. The van der Waals surface area contributed by atoms with E-state index in [1.165, 1.54) is 6.26 Å². The molecular formula is C19H26IN3O3S2. The lowest BCUT2D eigenvalue weighted by molar-refractivity contribution is 0.601. The van der Waals surface area contributed by atoms with Crippen LogP contribution in [0, 0.1) is 6.92 Å². The largest absolute Gasteiger partial charge is 0.355 e. The van der Waals surface area contributed by atoms with Crippen molar-refractivity contribution < 1.29 is 12.6 Å². The zero-order valence-electron chi connectivity index (χ0n) is 16.1. The summed E-state index contributed by atoms with van der Waals surface area (Å²) in [5.41, 5.74) is 1.67. The van der Waals surface area contributed by atoms with E-state index >= 15 is 0 Å². The molecule has 0 bridgehead atoms. The van der Waals surface area contributed by atoms with Crippen molar-refractivity contribution in [1.29, 1.82) is 0 Å². The molecule has 154 valence electrons. The zero-order chi connectivity index (χ0) is 19.9. The molecule has 0 spiro atoms. The standard InChI is InChI=1S/C19H25N3O3S2.HI/c1-15-13-16(9-10-18(15)27(3,24)25)14-22-19(20-2)21-11-12-26(23)17-7-5-4-6-8-17;/h4-10,13H,11-12,14H2,1-3H3,(H2,20,21,22);1H. The fourth-order valence-electron chi connectivity index (χ4n) is 2.60. The summed E-state index contributed by atoms with van der Waals surface area (Å²) in [5, 5.41) is 6.32. The molecule has 0 fully saturated rings. The van der Waals surface area contributed by atoms with Gasteiger partial charge in [0.2, 0.25) is 0 Å². The summed E-state index contributed by atoms with van der Waals surface area (Å²) in [6, 6.07) is 14.6. The molecule has 0 aliphatic rings. The molecule has 2 N–H and O–H groups in total. The van der Waals surface area contributed by atoms with Crippen LogP contribution in [-0.4, -0.2) is 44.2 Å². The van der Waals surface area contributed by atoms with Crippen LogP contribution in [0.4, 0.5) is 0 Å². The number of hydrogen-bond acceptors (Lipinski definition) is 4. The zero-order valence-corrected chi connectivity index (χ0v) is 20.1. The number of nitrogens with zero attached hydrogens (tertiary/aromatic N) is 1. The fraction of sp³-hybridized carbons (Fsp3) is 0.316. The first-order valence-electron chi connectivity index (χ1n) is 8.49. The van der Waals surface area contributed by atoms with Gasteiger partial charge in [-0.2, -0.15) is 0 Å². The van der Waals surface area contributed by atoms with E-state index in [2.05, 4.69) is 15.6 Å². The third-order valence-corrected chi connectivity index (χ3v) is 6.54. The number of aryl methyl sites for hydroxylation is 1. The second-order valence-corrected chi connectivity index (χ2v) is 9.64. The van der Waals surface area contributed by atoms with Crippen molar-refractivity contribution in [2.24, 2.45) is 4.99 Å². The summed E-state index contributed by atoms with van der Waals surface area (Å²) in [7, 11) is -2.60. The normalized spacial score (nSPS) is 12.8. The van der Waals surface area contributed by atoms with Gasteiger partial charge in [-0.15, -0.1) is 24.0 Å². The Kier molecular flexibility index (Phi) is 10.1. The predicted octanol–water partition coefficient (Wildman–Crippen LogP) is 2.49. The third kappa shape index (κ3) is 7.51. The highest BCUT2D eigenvalue weighted by atomic mass is 127. The van der Waals surface area contributed by atoms with E-state index in [0.29, 0.717) is 29.7 Å². The number of halogens is 1. The molecular weight excluding hydrogens is 509 g/mol. The maximum atomic E-state index is 12.2. The topological polar surface area (TPSA) is 87.6 Å². The van der Waals surface area contributed by atoms with Crippen molar-refractivity contribution in [1.82, 2.24) is 10.6 Å². The van der Waals surface area contributed by atoms with E-state index in [1.54, 1.807) is 26.1 Å². The molecule has 0 aliphatic heterocycles. The number of benzene rings is 2. The summed E-state index contributed by atoms with van der Waals surface area (Å²) in [6.07, 6.45) is 1.21. The van der Waals surface area contributed by atoms with Crippen molar-refractivity contribution in [2.45, 2.75) is 23.3 Å². The van der Waals surface area contributed by atoms with Crippen molar-refractivity contribution in [3.8, 4) is 0 Å². The van der Waals surface area contributed by atoms with Crippen molar-refractivity contribution in [3.63, 3.8) is 0 Å². The summed E-state index contributed by atoms with van der Waals surface area (Å²) < 4.78 is 35.6. The van der Waals surface area contributed by atoms with Crippen LogP contribution >= 0.6 is 24.0 Å². The minimum atomic E-state index is -3.21.